The van der Waals surface area contributed by atoms with Crippen molar-refractivity contribution in [1.29, 1.82) is 10.5 Å². The second-order valence-electron chi connectivity index (χ2n) is 17.0. The molecule has 368 valence electrons. The van der Waals surface area contributed by atoms with Crippen molar-refractivity contribution in [2.24, 2.45) is 10.8 Å². The summed E-state index contributed by atoms with van der Waals surface area (Å²) in [5.41, 5.74) is 1.37. The number of ether oxygens (including phenoxy) is 1. The van der Waals surface area contributed by atoms with E-state index in [9.17, 15) is 32.3 Å². The summed E-state index contributed by atoms with van der Waals surface area (Å²) in [6.45, 7) is 6.90. The van der Waals surface area contributed by atoms with E-state index in [-0.39, 0.29) is 35.3 Å². The fourth-order valence-corrected chi connectivity index (χ4v) is 8.05. The minimum Gasteiger partial charge on any atom is -0.477 e. The van der Waals surface area contributed by atoms with Crippen LogP contribution in [0.2, 0.25) is 0 Å². The van der Waals surface area contributed by atoms with E-state index in [2.05, 4.69) is 42.0 Å². The zero-order valence-electron chi connectivity index (χ0n) is 38.1. The number of pyridine rings is 2. The molecular formula is C45H47F3N12O10. The molecule has 4 saturated heterocycles. The number of aromatic nitrogens is 6. The Kier molecular flexibility index (Phi) is 16.2. The summed E-state index contributed by atoms with van der Waals surface area (Å²) in [7, 11) is 1.31. The van der Waals surface area contributed by atoms with Gasteiger partial charge in [-0.3, -0.25) is 29.2 Å². The fourth-order valence-electron chi connectivity index (χ4n) is 8.05. The second kappa shape index (κ2) is 22.0. The number of aliphatic carboxylic acids is 1. The number of hydrogen-bond acceptors (Lipinski definition) is 18. The molecule has 2 N–H and O–H groups in total. The van der Waals surface area contributed by atoms with Crippen molar-refractivity contribution in [1.82, 2.24) is 40.0 Å². The molecule has 0 bridgehead atoms. The Balaban J connectivity index is 0.000000202. The molecule has 4 aliphatic rings. The van der Waals surface area contributed by atoms with E-state index >= 15 is 0 Å². The third kappa shape index (κ3) is 12.0. The number of carboxylic acid groups (broad SMARTS) is 2. The minimum absolute atomic E-state index is 0.0593. The van der Waals surface area contributed by atoms with E-state index in [1.165, 1.54) is 54.2 Å². The second-order valence-corrected chi connectivity index (χ2v) is 17.0. The van der Waals surface area contributed by atoms with Crippen LogP contribution in [0.15, 0.2) is 61.4 Å². The van der Waals surface area contributed by atoms with Gasteiger partial charge in [-0.2, -0.15) is 23.7 Å². The van der Waals surface area contributed by atoms with Gasteiger partial charge in [-0.25, -0.2) is 44.4 Å². The van der Waals surface area contributed by atoms with Crippen LogP contribution in [0.3, 0.4) is 0 Å². The molecule has 8 rings (SSSR count). The molecule has 0 aliphatic carbocycles. The van der Waals surface area contributed by atoms with Crippen molar-refractivity contribution in [2.75, 3.05) is 56.3 Å². The molecular weight excluding hydrogens is 926 g/mol. The summed E-state index contributed by atoms with van der Waals surface area (Å²) in [6, 6.07) is 9.97. The van der Waals surface area contributed by atoms with Crippen LogP contribution in [0.4, 0.5) is 25.1 Å². The minimum atomic E-state index is -5.08. The summed E-state index contributed by atoms with van der Waals surface area (Å²) in [6.07, 6.45) is 7.76. The molecule has 2 amide bonds. The van der Waals surface area contributed by atoms with Gasteiger partial charge < -0.3 is 24.7 Å². The van der Waals surface area contributed by atoms with Crippen molar-refractivity contribution in [3.63, 3.8) is 0 Å². The molecule has 4 aliphatic heterocycles. The molecule has 0 aromatic carbocycles. The molecule has 25 heteroatoms. The molecule has 2 atom stereocenters. The number of aromatic carboxylic acids is 1. The number of nitrogens with zero attached hydrogens (tertiary/aromatic N) is 12. The molecule has 0 spiro atoms. The van der Waals surface area contributed by atoms with Gasteiger partial charge in [0, 0.05) is 76.2 Å². The topological polar surface area (TPSA) is 291 Å². The van der Waals surface area contributed by atoms with Gasteiger partial charge in [-0.05, 0) is 61.1 Å². The van der Waals surface area contributed by atoms with E-state index in [0.717, 1.165) is 11.1 Å². The number of carboxylic acids is 2. The number of nitriles is 2. The number of rotatable bonds is 8. The highest BCUT2D eigenvalue weighted by molar-refractivity contribution is 5.87. The average molecular weight is 973 g/mol. The quantitative estimate of drug-likeness (QED) is 0.228. The molecule has 0 saturated carbocycles. The summed E-state index contributed by atoms with van der Waals surface area (Å²) >= 11 is 0. The van der Waals surface area contributed by atoms with Crippen molar-refractivity contribution in [3.05, 3.63) is 95.1 Å². The van der Waals surface area contributed by atoms with Crippen LogP contribution < -0.4 is 9.80 Å². The predicted octanol–water partition coefficient (Wildman–Crippen LogP) is 4.63. The van der Waals surface area contributed by atoms with Gasteiger partial charge in [0.15, 0.2) is 11.4 Å². The normalized spacial score (nSPS) is 19.3. The number of anilines is 2. The number of carbonyl (C=O) groups excluding carboxylic acids is 3. The Morgan fingerprint density at radius 1 is 0.714 bits per heavy atom. The molecule has 4 aromatic rings. The summed E-state index contributed by atoms with van der Waals surface area (Å²) in [5.74, 6) is -3.76. The van der Waals surface area contributed by atoms with Gasteiger partial charge in [0.05, 0.1) is 54.4 Å². The zero-order valence-corrected chi connectivity index (χ0v) is 38.1. The first-order valence-electron chi connectivity index (χ1n) is 21.7. The first kappa shape index (κ1) is 51.5. The fraction of sp³-hybridized carbons (Fsp3) is 0.444. The summed E-state index contributed by atoms with van der Waals surface area (Å²) in [5, 5.41) is 37.5. The maximum atomic E-state index is 13.5. The number of halogens is 3. The number of piperidine rings is 2. The lowest BCUT2D eigenvalue weighted by Gasteiger charge is -2.40. The summed E-state index contributed by atoms with van der Waals surface area (Å²) in [4.78, 5) is 99.1. The molecule has 4 aromatic heterocycles. The van der Waals surface area contributed by atoms with E-state index in [1.54, 1.807) is 24.5 Å². The molecule has 0 radical (unpaired) electrons. The van der Waals surface area contributed by atoms with Crippen molar-refractivity contribution in [3.8, 4) is 12.1 Å². The number of amides is 2. The van der Waals surface area contributed by atoms with Crippen LogP contribution in [0.25, 0.3) is 0 Å². The molecule has 22 nitrogen and oxygen atoms in total. The van der Waals surface area contributed by atoms with Crippen LogP contribution in [0.1, 0.15) is 108 Å². The predicted molar refractivity (Wildman–Crippen MR) is 233 cm³/mol. The number of hydroxylamine groups is 4. The Labute approximate surface area is 398 Å². The van der Waals surface area contributed by atoms with E-state index in [4.69, 9.17) is 39.9 Å². The molecule has 0 unspecified atom stereocenters. The number of alkyl halides is 3. The first-order chi connectivity index (χ1) is 33.3. The number of hydrogen-bond donors (Lipinski definition) is 2. The van der Waals surface area contributed by atoms with Gasteiger partial charge in [0.25, 0.3) is 11.8 Å². The lowest BCUT2D eigenvalue weighted by Crippen LogP contribution is -2.48. The first-order valence-corrected chi connectivity index (χ1v) is 21.7. The van der Waals surface area contributed by atoms with Crippen LogP contribution in [0, 0.1) is 33.5 Å². The highest BCUT2D eigenvalue weighted by Crippen LogP contribution is 2.41. The zero-order chi connectivity index (χ0) is 50.8. The summed E-state index contributed by atoms with van der Waals surface area (Å²) < 4.78 is 36.5. The Morgan fingerprint density at radius 2 is 1.11 bits per heavy atom. The number of carbonyl (C=O) groups is 5. The lowest BCUT2D eigenvalue weighted by molar-refractivity contribution is -0.192. The van der Waals surface area contributed by atoms with Gasteiger partial charge in [0.2, 0.25) is 11.9 Å². The number of esters is 1. The average Bonchev–Trinajstić information content (AvgIpc) is 4.08. The SMILES string of the molecule is CC1(C(=O)N2OCC[C@H]2c2cncc(C#N)c2)CCN(c2nccc(C(=O)O)n2)CC1.COC(=O)c1ccnc(N2CCC(C)(C(=O)N3OCC[C@H]3c3cncc(C#N)c3)CC2)n1.O=C(O)C(F)(F)F. The van der Waals surface area contributed by atoms with Gasteiger partial charge in [-0.1, -0.05) is 13.8 Å². The third-order valence-electron chi connectivity index (χ3n) is 12.2. The maximum absolute atomic E-state index is 13.5. The van der Waals surface area contributed by atoms with E-state index in [1.807, 2.05) is 23.6 Å². The Morgan fingerprint density at radius 3 is 1.49 bits per heavy atom. The highest BCUT2D eigenvalue weighted by Gasteiger charge is 2.46. The van der Waals surface area contributed by atoms with Gasteiger partial charge in [-0.15, -0.1) is 0 Å². The Bertz CT molecular complexity index is 2660. The number of methoxy groups -OCH3 is 1. The molecule has 4 fully saturated rings. The van der Waals surface area contributed by atoms with Crippen LogP contribution in [-0.2, 0) is 28.8 Å². The molecule has 70 heavy (non-hydrogen) atoms. The van der Waals surface area contributed by atoms with Crippen molar-refractivity contribution < 1.29 is 61.8 Å². The van der Waals surface area contributed by atoms with Gasteiger partial charge in [0.1, 0.15) is 12.1 Å². The third-order valence-corrected chi connectivity index (χ3v) is 12.2. The van der Waals surface area contributed by atoms with Crippen LogP contribution in [0.5, 0.6) is 0 Å². The lowest BCUT2D eigenvalue weighted by atomic mass is 9.79. The highest BCUT2D eigenvalue weighted by atomic mass is 19.4. The van der Waals surface area contributed by atoms with Gasteiger partial charge >= 0.3 is 24.1 Å². The van der Waals surface area contributed by atoms with Crippen LogP contribution in [-0.4, -0.2) is 133 Å². The smallest absolute Gasteiger partial charge is 0.477 e. The standard InChI is InChI=1S/C22H24N6O4.C21H22N6O4.C2HF3O2/c1-22(5-8-27(9-6-22)21-25-7-3-17(26-21)19(29)31-2)20(30)28-18(4-10-32-28)16-11-15(12-23)13-24-14-16;1-21(4-7-26(8-5-21)20-24-6-2-16(25-20)18(28)29)19(30)27-17(3-9-31-27)15-10-14(11-22)12-23-13-15;3-2(4,5)1(6)7/h3,7,11,13-14,18H,4-6,8-10H2,1-2H3;2,6,10,12-13,17H,3-5,7-9H2,1H3,(H,28,29);(H,6,7)/t18-;17-;/m00./s1. The maximum Gasteiger partial charge on any atom is 0.490 e. The van der Waals surface area contributed by atoms with Crippen molar-refractivity contribution >= 4 is 41.6 Å². The monoisotopic (exact) mass is 972 g/mol. The molecule has 8 heterocycles. The van der Waals surface area contributed by atoms with E-state index < -0.39 is 34.9 Å². The van der Waals surface area contributed by atoms with E-state index in [0.29, 0.717) is 101 Å². The van der Waals surface area contributed by atoms with Crippen molar-refractivity contribution in [2.45, 2.75) is 70.6 Å². The largest absolute Gasteiger partial charge is 0.490 e. The van der Waals surface area contributed by atoms with Crippen LogP contribution >= 0.6 is 0 Å². The Hall–Kier alpha value is -7.90.